The highest BCUT2D eigenvalue weighted by molar-refractivity contribution is 5.22. The molecule has 3 aromatic rings. The Hall–Kier alpha value is -2.50. The van der Waals surface area contributed by atoms with E-state index >= 15 is 0 Å². The van der Waals surface area contributed by atoms with Gasteiger partial charge in [0.05, 0.1) is 25.5 Å². The van der Waals surface area contributed by atoms with Crippen LogP contribution in [-0.4, -0.2) is 30.0 Å². The third-order valence-corrected chi connectivity index (χ3v) is 2.66. The van der Waals surface area contributed by atoms with Gasteiger partial charge in [-0.2, -0.15) is 0 Å². The van der Waals surface area contributed by atoms with Crippen LogP contribution in [0.3, 0.4) is 0 Å². The van der Waals surface area contributed by atoms with Gasteiger partial charge in [-0.3, -0.25) is 0 Å². The van der Waals surface area contributed by atoms with E-state index < -0.39 is 0 Å². The summed E-state index contributed by atoms with van der Waals surface area (Å²) in [7, 11) is 0. The van der Waals surface area contributed by atoms with Crippen molar-refractivity contribution in [3.05, 3.63) is 60.2 Å². The quantitative estimate of drug-likeness (QED) is 0.681. The first-order chi connectivity index (χ1) is 8.90. The van der Waals surface area contributed by atoms with E-state index in [1.54, 1.807) is 21.8 Å². The molecule has 0 N–H and O–H groups in total. The summed E-state index contributed by atoms with van der Waals surface area (Å²) in [5, 5.41) is 15.4. The second kappa shape index (κ2) is 4.79. The van der Waals surface area contributed by atoms with Gasteiger partial charge in [-0.05, 0) is 11.1 Å². The van der Waals surface area contributed by atoms with Crippen LogP contribution in [0.5, 0.6) is 0 Å². The normalized spacial score (nSPS) is 10.7. The van der Waals surface area contributed by atoms with Crippen LogP contribution in [0.4, 0.5) is 0 Å². The SMILES string of the molecule is c1cn(Cc2ccc(Cn3ccnn3)cc2)nn1. The van der Waals surface area contributed by atoms with Crippen LogP contribution in [0.1, 0.15) is 11.1 Å². The van der Waals surface area contributed by atoms with Crippen LogP contribution in [-0.2, 0) is 13.1 Å². The number of aromatic nitrogens is 6. The first-order valence-corrected chi connectivity index (χ1v) is 5.66. The molecule has 0 radical (unpaired) electrons. The van der Waals surface area contributed by atoms with Gasteiger partial charge in [-0.25, -0.2) is 9.36 Å². The number of hydrogen-bond acceptors (Lipinski definition) is 4. The van der Waals surface area contributed by atoms with E-state index in [-0.39, 0.29) is 0 Å². The van der Waals surface area contributed by atoms with Gasteiger partial charge < -0.3 is 0 Å². The van der Waals surface area contributed by atoms with Crippen molar-refractivity contribution in [3.8, 4) is 0 Å². The fourth-order valence-corrected chi connectivity index (χ4v) is 1.76. The number of nitrogens with zero attached hydrogens (tertiary/aromatic N) is 6. The molecule has 0 aliphatic rings. The molecule has 0 spiro atoms. The van der Waals surface area contributed by atoms with Gasteiger partial charge in [-0.1, -0.05) is 34.7 Å². The van der Waals surface area contributed by atoms with Crippen LogP contribution >= 0.6 is 0 Å². The molecular weight excluding hydrogens is 228 g/mol. The maximum atomic E-state index is 3.94. The molecule has 90 valence electrons. The second-order valence-corrected chi connectivity index (χ2v) is 4.02. The zero-order valence-electron chi connectivity index (χ0n) is 9.72. The minimum atomic E-state index is 0.740. The predicted octanol–water partition coefficient (Wildman–Crippen LogP) is 0.966. The molecule has 0 amide bonds. The van der Waals surface area contributed by atoms with Crippen molar-refractivity contribution in [1.82, 2.24) is 30.0 Å². The summed E-state index contributed by atoms with van der Waals surface area (Å²) in [5.74, 6) is 0. The third-order valence-electron chi connectivity index (χ3n) is 2.66. The van der Waals surface area contributed by atoms with E-state index in [2.05, 4.69) is 44.9 Å². The Balaban J connectivity index is 1.69. The van der Waals surface area contributed by atoms with E-state index in [0.717, 1.165) is 13.1 Å². The van der Waals surface area contributed by atoms with E-state index in [9.17, 15) is 0 Å². The van der Waals surface area contributed by atoms with Crippen molar-refractivity contribution in [2.24, 2.45) is 0 Å². The molecule has 2 heterocycles. The first-order valence-electron chi connectivity index (χ1n) is 5.66. The second-order valence-electron chi connectivity index (χ2n) is 4.02. The summed E-state index contributed by atoms with van der Waals surface area (Å²) >= 11 is 0. The lowest BCUT2D eigenvalue weighted by atomic mass is 10.1. The Morgan fingerprint density at radius 2 is 1.17 bits per heavy atom. The lowest BCUT2D eigenvalue weighted by molar-refractivity contribution is 0.643. The van der Waals surface area contributed by atoms with E-state index in [1.165, 1.54) is 11.1 Å². The molecule has 18 heavy (non-hydrogen) atoms. The summed E-state index contributed by atoms with van der Waals surface area (Å²) in [6.45, 7) is 1.48. The van der Waals surface area contributed by atoms with Gasteiger partial charge in [-0.15, -0.1) is 10.2 Å². The van der Waals surface area contributed by atoms with Crippen LogP contribution < -0.4 is 0 Å². The Kier molecular flexibility index (Phi) is 2.83. The van der Waals surface area contributed by atoms with E-state index in [4.69, 9.17) is 0 Å². The molecule has 0 atom stereocenters. The molecule has 0 saturated carbocycles. The molecule has 0 aliphatic carbocycles. The molecular formula is C12H12N6. The maximum Gasteiger partial charge on any atom is 0.0693 e. The Morgan fingerprint density at radius 1 is 0.722 bits per heavy atom. The standard InChI is InChI=1S/C12H12N6/c1-2-12(10-18-8-6-14-16-18)4-3-11(1)9-17-7-5-13-15-17/h1-8H,9-10H2. The minimum Gasteiger partial charge on any atom is -0.248 e. The summed E-state index contributed by atoms with van der Waals surface area (Å²) in [6, 6.07) is 8.36. The fourth-order valence-electron chi connectivity index (χ4n) is 1.76. The Morgan fingerprint density at radius 3 is 1.50 bits per heavy atom. The molecule has 0 bridgehead atoms. The summed E-state index contributed by atoms with van der Waals surface area (Å²) in [6.07, 6.45) is 7.06. The lowest BCUT2D eigenvalue weighted by Crippen LogP contribution is -2.02. The van der Waals surface area contributed by atoms with Gasteiger partial charge in [0.2, 0.25) is 0 Å². The zero-order valence-corrected chi connectivity index (χ0v) is 9.72. The maximum absolute atomic E-state index is 3.94. The predicted molar refractivity (Wildman–Crippen MR) is 64.7 cm³/mol. The average molecular weight is 240 g/mol. The molecule has 3 rings (SSSR count). The Bertz CT molecular complexity index is 527. The molecule has 2 aromatic heterocycles. The zero-order chi connectivity index (χ0) is 12.2. The molecule has 0 aliphatic heterocycles. The number of hydrogen-bond donors (Lipinski definition) is 0. The van der Waals surface area contributed by atoms with E-state index in [1.807, 2.05) is 12.4 Å². The highest BCUT2D eigenvalue weighted by atomic mass is 15.4. The average Bonchev–Trinajstić information content (AvgIpc) is 3.05. The van der Waals surface area contributed by atoms with Crippen molar-refractivity contribution < 1.29 is 0 Å². The monoisotopic (exact) mass is 240 g/mol. The van der Waals surface area contributed by atoms with Crippen LogP contribution in [0.2, 0.25) is 0 Å². The highest BCUT2D eigenvalue weighted by Crippen LogP contribution is 2.07. The summed E-state index contributed by atoms with van der Waals surface area (Å²) < 4.78 is 3.60. The molecule has 0 unspecified atom stereocenters. The number of benzene rings is 1. The van der Waals surface area contributed by atoms with Gasteiger partial charge in [0.1, 0.15) is 0 Å². The molecule has 1 aromatic carbocycles. The molecule has 0 saturated heterocycles. The van der Waals surface area contributed by atoms with E-state index in [0.29, 0.717) is 0 Å². The van der Waals surface area contributed by atoms with Crippen molar-refractivity contribution in [1.29, 1.82) is 0 Å². The van der Waals surface area contributed by atoms with Crippen molar-refractivity contribution in [2.45, 2.75) is 13.1 Å². The van der Waals surface area contributed by atoms with Crippen molar-refractivity contribution in [2.75, 3.05) is 0 Å². The molecule has 6 nitrogen and oxygen atoms in total. The smallest absolute Gasteiger partial charge is 0.0693 e. The molecule has 6 heteroatoms. The van der Waals surface area contributed by atoms with Gasteiger partial charge in [0.15, 0.2) is 0 Å². The van der Waals surface area contributed by atoms with Gasteiger partial charge in [0, 0.05) is 12.4 Å². The first kappa shape index (κ1) is 10.6. The number of rotatable bonds is 4. The lowest BCUT2D eigenvalue weighted by Gasteiger charge is -2.04. The van der Waals surface area contributed by atoms with Crippen LogP contribution in [0, 0.1) is 0 Å². The van der Waals surface area contributed by atoms with Gasteiger partial charge in [0.25, 0.3) is 0 Å². The fraction of sp³-hybridized carbons (Fsp3) is 0.167. The Labute approximate surface area is 104 Å². The summed E-state index contributed by atoms with van der Waals surface area (Å²) in [5.41, 5.74) is 2.39. The topological polar surface area (TPSA) is 61.4 Å². The minimum absolute atomic E-state index is 0.740. The van der Waals surface area contributed by atoms with Crippen LogP contribution in [0.15, 0.2) is 49.1 Å². The van der Waals surface area contributed by atoms with Crippen LogP contribution in [0.25, 0.3) is 0 Å². The van der Waals surface area contributed by atoms with Crippen molar-refractivity contribution >= 4 is 0 Å². The summed E-state index contributed by atoms with van der Waals surface area (Å²) in [4.78, 5) is 0. The molecule has 0 fully saturated rings. The largest absolute Gasteiger partial charge is 0.248 e. The highest BCUT2D eigenvalue weighted by Gasteiger charge is 1.98. The van der Waals surface area contributed by atoms with Gasteiger partial charge >= 0.3 is 0 Å². The third kappa shape index (κ3) is 2.42. The van der Waals surface area contributed by atoms with Crippen molar-refractivity contribution in [3.63, 3.8) is 0 Å².